The lowest BCUT2D eigenvalue weighted by Gasteiger charge is -2.24. The number of halogens is 2. The second kappa shape index (κ2) is 11.4. The molecule has 184 valence electrons. The summed E-state index contributed by atoms with van der Waals surface area (Å²) in [4.78, 5) is 24.1. The lowest BCUT2D eigenvalue weighted by Crippen LogP contribution is -2.47. The van der Waals surface area contributed by atoms with Crippen LogP contribution in [0.3, 0.4) is 0 Å². The lowest BCUT2D eigenvalue weighted by molar-refractivity contribution is -0.148. The summed E-state index contributed by atoms with van der Waals surface area (Å²) >= 11 is 12.3. The average molecular weight is 526 g/mol. The van der Waals surface area contributed by atoms with Gasteiger partial charge in [0, 0.05) is 23.2 Å². The first-order valence-electron chi connectivity index (χ1n) is 10.8. The Balaban J connectivity index is 1.50. The van der Waals surface area contributed by atoms with Gasteiger partial charge in [-0.25, -0.2) is 9.80 Å². The molecule has 4 aromatic rings. The summed E-state index contributed by atoms with van der Waals surface area (Å²) in [5.41, 5.74) is 6.22. The van der Waals surface area contributed by atoms with Crippen LogP contribution in [0, 0.1) is 0 Å². The Morgan fingerprint density at radius 1 is 0.972 bits per heavy atom. The Morgan fingerprint density at radius 2 is 1.72 bits per heavy atom. The number of hydrogen-bond acceptors (Lipinski definition) is 6. The van der Waals surface area contributed by atoms with E-state index in [-0.39, 0.29) is 18.8 Å². The number of aliphatic hydroxyl groups is 1. The van der Waals surface area contributed by atoms with Gasteiger partial charge in [0.1, 0.15) is 5.69 Å². The van der Waals surface area contributed by atoms with Crippen LogP contribution in [0.4, 0.5) is 0 Å². The zero-order valence-electron chi connectivity index (χ0n) is 18.8. The molecule has 4 rings (SSSR count). The minimum absolute atomic E-state index is 0.101. The van der Waals surface area contributed by atoms with Crippen molar-refractivity contribution in [1.29, 1.82) is 0 Å². The fourth-order valence-corrected chi connectivity index (χ4v) is 3.93. The maximum absolute atomic E-state index is 12.8. The Labute approximate surface area is 216 Å². The minimum atomic E-state index is -1.72. The van der Waals surface area contributed by atoms with E-state index in [4.69, 9.17) is 32.8 Å². The van der Waals surface area contributed by atoms with Crippen molar-refractivity contribution < 1.29 is 24.3 Å². The second-order valence-electron chi connectivity index (χ2n) is 7.94. The van der Waals surface area contributed by atoms with Gasteiger partial charge in [-0.2, -0.15) is 0 Å². The highest BCUT2D eigenvalue weighted by atomic mass is 35.5. The number of carboxylic acids is 1. The van der Waals surface area contributed by atoms with Crippen molar-refractivity contribution in [3.8, 4) is 22.4 Å². The van der Waals surface area contributed by atoms with E-state index in [1.54, 1.807) is 30.3 Å². The lowest BCUT2D eigenvalue weighted by atomic mass is 10.0. The zero-order valence-corrected chi connectivity index (χ0v) is 20.3. The van der Waals surface area contributed by atoms with Crippen LogP contribution < -0.4 is 5.43 Å². The van der Waals surface area contributed by atoms with Crippen molar-refractivity contribution in [2.75, 3.05) is 6.54 Å². The van der Waals surface area contributed by atoms with Crippen molar-refractivity contribution in [3.05, 3.63) is 100 Å². The third-order valence-electron chi connectivity index (χ3n) is 5.31. The Morgan fingerprint density at radius 3 is 2.42 bits per heavy atom. The van der Waals surface area contributed by atoms with Gasteiger partial charge in [0.05, 0.1) is 11.6 Å². The van der Waals surface area contributed by atoms with Crippen molar-refractivity contribution in [1.82, 2.24) is 15.6 Å². The molecule has 0 bridgehead atoms. The highest BCUT2D eigenvalue weighted by molar-refractivity contribution is 6.33. The molecule has 3 N–H and O–H groups in total. The van der Waals surface area contributed by atoms with Crippen LogP contribution in [0.25, 0.3) is 22.4 Å². The normalized spacial score (nSPS) is 11.9. The number of nitrogens with zero attached hydrogens (tertiary/aromatic N) is 2. The third kappa shape index (κ3) is 6.30. The molecule has 36 heavy (non-hydrogen) atoms. The fourth-order valence-electron chi connectivity index (χ4n) is 3.50. The first-order valence-corrected chi connectivity index (χ1v) is 11.6. The van der Waals surface area contributed by atoms with E-state index >= 15 is 0 Å². The van der Waals surface area contributed by atoms with Crippen LogP contribution in [0.1, 0.15) is 16.1 Å². The van der Waals surface area contributed by atoms with Gasteiger partial charge >= 0.3 is 11.9 Å². The Hall–Kier alpha value is -3.69. The molecule has 3 aromatic carbocycles. The fraction of sp³-hybridized carbons (Fsp3) is 0.115. The van der Waals surface area contributed by atoms with Crippen LogP contribution in [0.5, 0.6) is 0 Å². The molecule has 1 aromatic heterocycles. The van der Waals surface area contributed by atoms with Crippen molar-refractivity contribution in [3.63, 3.8) is 0 Å². The summed E-state index contributed by atoms with van der Waals surface area (Å²) < 4.78 is 5.18. The SMILES string of the molecule is O=C(NN(Cc1ccc(-c2cccc(Cl)c2)cc1)CC(O)C(=O)O)c1cc(-c2ccccc2Cl)no1. The van der Waals surface area contributed by atoms with Crippen LogP contribution >= 0.6 is 23.2 Å². The molecule has 0 saturated heterocycles. The molecule has 1 unspecified atom stereocenters. The van der Waals surface area contributed by atoms with Crippen molar-refractivity contribution >= 4 is 35.1 Å². The molecule has 1 heterocycles. The molecule has 1 amide bonds. The van der Waals surface area contributed by atoms with Gasteiger partial charge in [0.25, 0.3) is 0 Å². The smallest absolute Gasteiger partial charge is 0.333 e. The predicted molar refractivity (Wildman–Crippen MR) is 135 cm³/mol. The first-order chi connectivity index (χ1) is 17.3. The van der Waals surface area contributed by atoms with E-state index in [2.05, 4.69) is 10.6 Å². The molecular weight excluding hydrogens is 505 g/mol. The number of aliphatic hydroxyl groups excluding tert-OH is 1. The van der Waals surface area contributed by atoms with Gasteiger partial charge in [-0.3, -0.25) is 10.2 Å². The van der Waals surface area contributed by atoms with E-state index in [9.17, 15) is 14.7 Å². The van der Waals surface area contributed by atoms with E-state index in [1.807, 2.05) is 42.5 Å². The monoisotopic (exact) mass is 525 g/mol. The molecule has 0 saturated carbocycles. The Kier molecular flexibility index (Phi) is 8.02. The third-order valence-corrected chi connectivity index (χ3v) is 5.87. The Bertz CT molecular complexity index is 1370. The van der Waals surface area contributed by atoms with Crippen LogP contribution in [-0.4, -0.2) is 44.9 Å². The molecule has 0 radical (unpaired) electrons. The number of aliphatic carboxylic acids is 1. The molecule has 0 aliphatic heterocycles. The van der Waals surface area contributed by atoms with Gasteiger partial charge in [0.15, 0.2) is 6.10 Å². The molecule has 0 aliphatic carbocycles. The highest BCUT2D eigenvalue weighted by Crippen LogP contribution is 2.27. The van der Waals surface area contributed by atoms with Crippen molar-refractivity contribution in [2.24, 2.45) is 0 Å². The largest absolute Gasteiger partial charge is 0.479 e. The first kappa shape index (κ1) is 25.4. The van der Waals surface area contributed by atoms with Crippen LogP contribution in [0.15, 0.2) is 83.4 Å². The zero-order chi connectivity index (χ0) is 25.7. The maximum Gasteiger partial charge on any atom is 0.333 e. The summed E-state index contributed by atoms with van der Waals surface area (Å²) in [6.45, 7) is -0.236. The maximum atomic E-state index is 12.8. The van der Waals surface area contributed by atoms with E-state index in [0.717, 1.165) is 16.7 Å². The van der Waals surface area contributed by atoms with E-state index in [0.29, 0.717) is 21.3 Å². The number of aromatic nitrogens is 1. The van der Waals surface area contributed by atoms with Gasteiger partial charge in [0.2, 0.25) is 5.76 Å². The highest BCUT2D eigenvalue weighted by Gasteiger charge is 2.23. The van der Waals surface area contributed by atoms with Crippen LogP contribution in [0.2, 0.25) is 10.0 Å². The van der Waals surface area contributed by atoms with Gasteiger partial charge in [-0.1, -0.05) is 83.0 Å². The van der Waals surface area contributed by atoms with Crippen molar-refractivity contribution in [2.45, 2.75) is 12.6 Å². The van der Waals surface area contributed by atoms with Gasteiger partial charge in [-0.15, -0.1) is 0 Å². The van der Waals surface area contributed by atoms with E-state index in [1.165, 1.54) is 11.1 Å². The minimum Gasteiger partial charge on any atom is -0.479 e. The van der Waals surface area contributed by atoms with Gasteiger partial charge in [-0.05, 0) is 34.9 Å². The number of benzene rings is 3. The number of amides is 1. The molecule has 1 atom stereocenters. The summed E-state index contributed by atoms with van der Waals surface area (Å²) in [7, 11) is 0. The number of carbonyl (C=O) groups excluding carboxylic acids is 1. The number of rotatable bonds is 9. The summed E-state index contributed by atoms with van der Waals surface area (Å²) in [5.74, 6) is -2.17. The molecule has 10 heteroatoms. The van der Waals surface area contributed by atoms with Gasteiger partial charge < -0.3 is 14.7 Å². The average Bonchev–Trinajstić information content (AvgIpc) is 3.35. The summed E-state index contributed by atoms with van der Waals surface area (Å²) in [6.07, 6.45) is -1.72. The quantitative estimate of drug-likeness (QED) is 0.266. The summed E-state index contributed by atoms with van der Waals surface area (Å²) in [6, 6.07) is 23.3. The predicted octanol–water partition coefficient (Wildman–Crippen LogP) is 4.91. The number of carbonyl (C=O) groups is 2. The number of hydrazine groups is 1. The van der Waals surface area contributed by atoms with Crippen LogP contribution in [-0.2, 0) is 11.3 Å². The number of hydrogen-bond donors (Lipinski definition) is 3. The van der Waals surface area contributed by atoms with E-state index < -0.39 is 18.0 Å². The summed E-state index contributed by atoms with van der Waals surface area (Å²) in [5, 5.41) is 25.3. The number of nitrogens with one attached hydrogen (secondary N) is 1. The number of carboxylic acid groups (broad SMARTS) is 1. The second-order valence-corrected chi connectivity index (χ2v) is 8.78. The molecular formula is C26H21Cl2N3O5. The molecule has 8 nitrogen and oxygen atoms in total. The molecule has 0 aliphatic rings. The molecule has 0 fully saturated rings. The standard InChI is InChI=1S/C26H21Cl2N3O5/c27-19-5-3-4-18(12-19)17-10-8-16(9-11-17)14-31(15-23(32)26(34)35)29-25(33)24-13-22(30-36-24)20-6-1-2-7-21(20)28/h1-13,23,32H,14-15H2,(H,29,33)(H,34,35). The topological polar surface area (TPSA) is 116 Å². The molecule has 0 spiro atoms.